The molecule has 1 N–H and O–H groups in total. The molecule has 140 valence electrons. The molecule has 1 atom stereocenters. The minimum atomic E-state index is -0.339. The number of carbonyl (C=O) groups excluding carboxylic acids is 2. The van der Waals surface area contributed by atoms with Crippen LogP contribution in [0.3, 0.4) is 0 Å². The monoisotopic (exact) mass is 358 g/mol. The van der Waals surface area contributed by atoms with E-state index in [1.54, 1.807) is 11.8 Å². The highest BCUT2D eigenvalue weighted by Crippen LogP contribution is 2.36. The number of nitrogens with one attached hydrogen (secondary N) is 1. The SMILES string of the molecule is CCOC(=O)CCNC(=O)N1CCC[C@]2(C=Cc3ccccc3O2)CC1. The van der Waals surface area contributed by atoms with Crippen LogP contribution in [0.25, 0.3) is 6.08 Å². The Labute approximate surface area is 154 Å². The van der Waals surface area contributed by atoms with Crippen molar-refractivity contribution in [1.29, 1.82) is 0 Å². The first-order chi connectivity index (χ1) is 12.6. The molecule has 0 bridgehead atoms. The van der Waals surface area contributed by atoms with E-state index in [2.05, 4.69) is 17.5 Å². The number of urea groups is 1. The van der Waals surface area contributed by atoms with Gasteiger partial charge in [0, 0.05) is 31.6 Å². The van der Waals surface area contributed by atoms with Gasteiger partial charge in [0.2, 0.25) is 0 Å². The van der Waals surface area contributed by atoms with Crippen LogP contribution in [-0.2, 0) is 9.53 Å². The second-order valence-corrected chi connectivity index (χ2v) is 6.67. The van der Waals surface area contributed by atoms with E-state index >= 15 is 0 Å². The maximum Gasteiger partial charge on any atom is 0.317 e. The number of fused-ring (bicyclic) bond motifs is 1. The van der Waals surface area contributed by atoms with Gasteiger partial charge in [-0.25, -0.2) is 4.79 Å². The molecular formula is C20H26N2O4. The molecule has 0 radical (unpaired) electrons. The molecule has 0 aromatic heterocycles. The van der Waals surface area contributed by atoms with Crippen LogP contribution in [0.5, 0.6) is 5.75 Å². The number of hydrogen-bond acceptors (Lipinski definition) is 4. The van der Waals surface area contributed by atoms with Gasteiger partial charge >= 0.3 is 12.0 Å². The van der Waals surface area contributed by atoms with Crippen LogP contribution in [0.4, 0.5) is 4.79 Å². The summed E-state index contributed by atoms with van der Waals surface area (Å²) in [5, 5.41) is 2.80. The molecule has 1 aromatic carbocycles. The standard InChI is InChI=1S/C20H26N2O4/c1-2-25-18(23)9-13-21-19(24)22-14-5-10-20(12-15-22)11-8-16-6-3-4-7-17(16)26-20/h3-4,6-8,11H,2,5,9-10,12-15H2,1H3,(H,21,24)/t20-/m0/s1. The van der Waals surface area contributed by atoms with E-state index < -0.39 is 0 Å². The summed E-state index contributed by atoms with van der Waals surface area (Å²) in [7, 11) is 0. The van der Waals surface area contributed by atoms with Gasteiger partial charge < -0.3 is 19.7 Å². The summed E-state index contributed by atoms with van der Waals surface area (Å²) in [4.78, 5) is 25.5. The van der Waals surface area contributed by atoms with Gasteiger partial charge in [0.05, 0.1) is 13.0 Å². The van der Waals surface area contributed by atoms with Gasteiger partial charge in [0.15, 0.2) is 0 Å². The molecule has 26 heavy (non-hydrogen) atoms. The van der Waals surface area contributed by atoms with Crippen molar-refractivity contribution in [2.24, 2.45) is 0 Å². The third-order valence-electron chi connectivity index (χ3n) is 4.83. The Bertz CT molecular complexity index is 688. The highest BCUT2D eigenvalue weighted by Gasteiger charge is 2.35. The van der Waals surface area contributed by atoms with Crippen LogP contribution >= 0.6 is 0 Å². The van der Waals surface area contributed by atoms with Gasteiger partial charge in [-0.2, -0.15) is 0 Å². The number of nitrogens with zero attached hydrogens (tertiary/aromatic N) is 1. The zero-order valence-corrected chi connectivity index (χ0v) is 15.2. The summed E-state index contributed by atoms with van der Waals surface area (Å²) in [6.07, 6.45) is 6.96. The number of hydrogen-bond donors (Lipinski definition) is 1. The van der Waals surface area contributed by atoms with E-state index in [-0.39, 0.29) is 24.0 Å². The summed E-state index contributed by atoms with van der Waals surface area (Å²) < 4.78 is 11.2. The molecule has 1 fully saturated rings. The summed E-state index contributed by atoms with van der Waals surface area (Å²) in [6, 6.07) is 7.88. The smallest absolute Gasteiger partial charge is 0.317 e. The fourth-order valence-electron chi connectivity index (χ4n) is 3.42. The zero-order chi connectivity index (χ0) is 18.4. The predicted octanol–water partition coefficient (Wildman–Crippen LogP) is 2.98. The molecule has 3 rings (SSSR count). The molecule has 1 saturated heterocycles. The second kappa shape index (κ2) is 8.25. The van der Waals surface area contributed by atoms with Gasteiger partial charge in [-0.1, -0.05) is 24.3 Å². The summed E-state index contributed by atoms with van der Waals surface area (Å²) in [5.74, 6) is 0.615. The topological polar surface area (TPSA) is 67.9 Å². The number of benzene rings is 1. The van der Waals surface area contributed by atoms with Crippen molar-refractivity contribution in [3.8, 4) is 5.75 Å². The number of carbonyl (C=O) groups is 2. The Kier molecular flexibility index (Phi) is 5.81. The Morgan fingerprint density at radius 1 is 1.27 bits per heavy atom. The van der Waals surface area contributed by atoms with Crippen molar-refractivity contribution in [2.75, 3.05) is 26.2 Å². The third kappa shape index (κ3) is 4.36. The summed E-state index contributed by atoms with van der Waals surface area (Å²) >= 11 is 0. The number of esters is 1. The maximum atomic E-state index is 12.4. The van der Waals surface area contributed by atoms with Gasteiger partial charge in [-0.3, -0.25) is 4.79 Å². The molecule has 0 unspecified atom stereocenters. The van der Waals surface area contributed by atoms with E-state index in [1.807, 2.05) is 24.3 Å². The predicted molar refractivity (Wildman–Crippen MR) is 98.9 cm³/mol. The Balaban J connectivity index is 1.52. The Hall–Kier alpha value is -2.50. The van der Waals surface area contributed by atoms with Crippen molar-refractivity contribution < 1.29 is 19.1 Å². The molecule has 2 aliphatic rings. The average Bonchev–Trinajstić information content (AvgIpc) is 2.84. The molecule has 0 aliphatic carbocycles. The van der Waals surface area contributed by atoms with Crippen LogP contribution in [-0.4, -0.2) is 48.7 Å². The fraction of sp³-hybridized carbons (Fsp3) is 0.500. The first-order valence-electron chi connectivity index (χ1n) is 9.27. The molecule has 2 amide bonds. The minimum Gasteiger partial charge on any atom is -0.483 e. The third-order valence-corrected chi connectivity index (χ3v) is 4.83. The van der Waals surface area contributed by atoms with Crippen molar-refractivity contribution >= 4 is 18.1 Å². The van der Waals surface area contributed by atoms with E-state index in [0.29, 0.717) is 26.2 Å². The molecule has 2 heterocycles. The molecule has 0 saturated carbocycles. The van der Waals surface area contributed by atoms with Crippen molar-refractivity contribution in [3.05, 3.63) is 35.9 Å². The van der Waals surface area contributed by atoms with Crippen LogP contribution in [0.2, 0.25) is 0 Å². The molecular weight excluding hydrogens is 332 g/mol. The van der Waals surface area contributed by atoms with Crippen molar-refractivity contribution in [2.45, 2.75) is 38.2 Å². The van der Waals surface area contributed by atoms with Gasteiger partial charge in [0.25, 0.3) is 0 Å². The molecule has 1 aromatic rings. The average molecular weight is 358 g/mol. The lowest BCUT2D eigenvalue weighted by Gasteiger charge is -2.34. The van der Waals surface area contributed by atoms with Crippen LogP contribution in [0.1, 0.15) is 38.2 Å². The quantitative estimate of drug-likeness (QED) is 0.840. The number of amides is 2. The summed E-state index contributed by atoms with van der Waals surface area (Å²) in [5.41, 5.74) is 0.754. The second-order valence-electron chi connectivity index (χ2n) is 6.67. The molecule has 2 aliphatic heterocycles. The summed E-state index contributed by atoms with van der Waals surface area (Å²) in [6.45, 7) is 3.73. The van der Waals surface area contributed by atoms with Crippen molar-refractivity contribution in [1.82, 2.24) is 10.2 Å². The lowest BCUT2D eigenvalue weighted by atomic mass is 9.91. The first kappa shape index (κ1) is 18.3. The Morgan fingerprint density at radius 2 is 2.12 bits per heavy atom. The van der Waals surface area contributed by atoms with Crippen LogP contribution in [0, 0.1) is 0 Å². The fourth-order valence-corrected chi connectivity index (χ4v) is 3.42. The highest BCUT2D eigenvalue weighted by atomic mass is 16.5. The van der Waals surface area contributed by atoms with Crippen molar-refractivity contribution in [3.63, 3.8) is 0 Å². The van der Waals surface area contributed by atoms with E-state index in [4.69, 9.17) is 9.47 Å². The van der Waals surface area contributed by atoms with Gasteiger partial charge in [-0.15, -0.1) is 0 Å². The number of para-hydroxylation sites is 1. The number of rotatable bonds is 4. The molecule has 6 nitrogen and oxygen atoms in total. The lowest BCUT2D eigenvalue weighted by molar-refractivity contribution is -0.142. The first-order valence-corrected chi connectivity index (χ1v) is 9.27. The highest BCUT2D eigenvalue weighted by molar-refractivity contribution is 5.75. The number of likely N-dealkylation sites (tertiary alicyclic amines) is 1. The minimum absolute atomic E-state index is 0.133. The maximum absolute atomic E-state index is 12.4. The van der Waals surface area contributed by atoms with Gasteiger partial charge in [-0.05, 0) is 31.9 Å². The normalized spacial score (nSPS) is 21.5. The van der Waals surface area contributed by atoms with Crippen LogP contribution in [0.15, 0.2) is 30.3 Å². The molecule has 1 spiro atoms. The number of ether oxygens (including phenoxy) is 2. The molecule has 6 heteroatoms. The largest absolute Gasteiger partial charge is 0.483 e. The van der Waals surface area contributed by atoms with E-state index in [1.165, 1.54) is 0 Å². The zero-order valence-electron chi connectivity index (χ0n) is 15.2. The lowest BCUT2D eigenvalue weighted by Crippen LogP contribution is -2.42. The van der Waals surface area contributed by atoms with Gasteiger partial charge in [0.1, 0.15) is 11.4 Å². The Morgan fingerprint density at radius 3 is 2.96 bits per heavy atom. The van der Waals surface area contributed by atoms with E-state index in [0.717, 1.165) is 30.6 Å². The van der Waals surface area contributed by atoms with E-state index in [9.17, 15) is 9.59 Å². The van der Waals surface area contributed by atoms with Crippen LogP contribution < -0.4 is 10.1 Å².